The van der Waals surface area contributed by atoms with Gasteiger partial charge in [0.25, 0.3) is 23.4 Å². The zero-order valence-electron chi connectivity index (χ0n) is 44.3. The number of ether oxygens (including phenoxy) is 2. The van der Waals surface area contributed by atoms with Crippen molar-refractivity contribution in [3.63, 3.8) is 0 Å². The molecule has 3 saturated heterocycles. The van der Waals surface area contributed by atoms with E-state index in [0.717, 1.165) is 69.6 Å². The molecule has 4 aliphatic heterocycles. The van der Waals surface area contributed by atoms with Gasteiger partial charge in [0.15, 0.2) is 5.67 Å². The summed E-state index contributed by atoms with van der Waals surface area (Å²) >= 11 is 6.53. The van der Waals surface area contributed by atoms with Crippen LogP contribution in [0, 0.1) is 17.2 Å². The number of piperidine rings is 1. The Labute approximate surface area is 445 Å². The third-order valence-corrected chi connectivity index (χ3v) is 16.3. The van der Waals surface area contributed by atoms with Crippen LogP contribution in [-0.2, 0) is 52.8 Å². The van der Waals surface area contributed by atoms with Crippen molar-refractivity contribution in [2.75, 3.05) is 78.5 Å². The summed E-state index contributed by atoms with van der Waals surface area (Å²) in [6, 6.07) is 2.01. The van der Waals surface area contributed by atoms with E-state index in [2.05, 4.69) is 38.2 Å². The van der Waals surface area contributed by atoms with Crippen molar-refractivity contribution in [1.29, 1.82) is 0 Å². The number of alkyl halides is 3. The van der Waals surface area contributed by atoms with E-state index < -0.39 is 95.1 Å². The van der Waals surface area contributed by atoms with Crippen LogP contribution < -0.4 is 15.6 Å². The van der Waals surface area contributed by atoms with E-state index in [1.54, 1.807) is 26.3 Å². The van der Waals surface area contributed by atoms with E-state index in [1.165, 1.54) is 29.5 Å². The van der Waals surface area contributed by atoms with Crippen molar-refractivity contribution in [1.82, 2.24) is 45.0 Å². The molecule has 4 amide bonds. The number of aryl methyl sites for hydroxylation is 1. The van der Waals surface area contributed by atoms with Gasteiger partial charge in [-0.05, 0) is 69.8 Å². The van der Waals surface area contributed by atoms with Crippen molar-refractivity contribution < 1.29 is 46.6 Å². The number of thiazole rings is 1. The lowest BCUT2D eigenvalue weighted by atomic mass is 9.84. The normalized spacial score (nSPS) is 21.9. The first-order chi connectivity index (χ1) is 35.5. The summed E-state index contributed by atoms with van der Waals surface area (Å²) in [6.07, 6.45) is 1.67. The average Bonchev–Trinajstić information content (AvgIpc) is 3.99. The Bertz CT molecular complexity index is 2790. The van der Waals surface area contributed by atoms with E-state index in [4.69, 9.17) is 31.0 Å². The summed E-state index contributed by atoms with van der Waals surface area (Å²) < 4.78 is 61.2. The van der Waals surface area contributed by atoms with Gasteiger partial charge in [-0.1, -0.05) is 39.3 Å². The number of likely N-dealkylation sites (N-methyl/N-ethyl adjacent to an activating group) is 2. The topological polar surface area (TPSA) is 175 Å². The van der Waals surface area contributed by atoms with Crippen LogP contribution in [0.5, 0.6) is 0 Å². The molecule has 17 nitrogen and oxygen atoms in total. The number of anilines is 1. The van der Waals surface area contributed by atoms with Gasteiger partial charge < -0.3 is 39.0 Å². The van der Waals surface area contributed by atoms with Crippen LogP contribution in [-0.4, -0.2) is 167 Å². The Morgan fingerprint density at radius 1 is 1.05 bits per heavy atom. The molecule has 3 aromatic heterocycles. The molecular weight excluding hydrogens is 1010 g/mol. The Morgan fingerprint density at radius 2 is 1.76 bits per heavy atom. The molecule has 75 heavy (non-hydrogen) atoms. The highest BCUT2D eigenvalue weighted by Gasteiger charge is 2.48. The summed E-state index contributed by atoms with van der Waals surface area (Å²) in [5.74, 6) is -5.03. The quantitative estimate of drug-likeness (QED) is 0.125. The molecule has 0 radical (unpaired) electrons. The first-order valence-corrected chi connectivity index (χ1v) is 27.2. The van der Waals surface area contributed by atoms with E-state index in [9.17, 15) is 28.4 Å². The summed E-state index contributed by atoms with van der Waals surface area (Å²) in [7, 11) is 5.06. The number of nitrogens with one attached hydrogen (secondary N) is 2. The van der Waals surface area contributed by atoms with Crippen LogP contribution in [0.4, 0.5) is 18.9 Å². The zero-order chi connectivity index (χ0) is 54.3. The molecule has 3 fully saturated rings. The minimum Gasteiger partial charge on any atom is -0.464 e. The predicted octanol–water partition coefficient (Wildman–Crippen LogP) is 6.44. The number of hydrogen-bond acceptors (Lipinski definition) is 13. The number of cyclic esters (lactones) is 1. The van der Waals surface area contributed by atoms with E-state index in [0.29, 0.717) is 42.0 Å². The summed E-state index contributed by atoms with van der Waals surface area (Å²) in [6.45, 7) is 15.0. The highest BCUT2D eigenvalue weighted by molar-refractivity contribution is 7.10. The molecule has 0 saturated carbocycles. The molecular formula is C53H70ClF3N10O7S. The van der Waals surface area contributed by atoms with Crippen LogP contribution in [0.1, 0.15) is 89.6 Å². The molecule has 408 valence electrons. The van der Waals surface area contributed by atoms with E-state index in [-0.39, 0.29) is 38.2 Å². The van der Waals surface area contributed by atoms with Crippen LogP contribution in [0.3, 0.4) is 0 Å². The zero-order valence-corrected chi connectivity index (χ0v) is 45.9. The molecule has 0 unspecified atom stereocenters. The fourth-order valence-corrected chi connectivity index (χ4v) is 11.9. The number of hydrogen-bond donors (Lipinski definition) is 2. The van der Waals surface area contributed by atoms with Crippen LogP contribution in [0.2, 0.25) is 0 Å². The second kappa shape index (κ2) is 22.7. The number of carbonyl (C=O) groups excluding carboxylic acids is 5. The van der Waals surface area contributed by atoms with Gasteiger partial charge in [-0.15, -0.1) is 11.3 Å². The maximum Gasteiger partial charge on any atom is 0.324 e. The molecule has 4 aromatic rings. The van der Waals surface area contributed by atoms with Gasteiger partial charge in [0, 0.05) is 113 Å². The lowest BCUT2D eigenvalue weighted by molar-refractivity contribution is -0.156. The molecule has 4 aliphatic rings. The Morgan fingerprint density at radius 3 is 2.41 bits per heavy atom. The maximum absolute atomic E-state index is 17.0. The number of methoxy groups -OCH3 is 1. The molecule has 22 heteroatoms. The lowest BCUT2D eigenvalue weighted by Gasteiger charge is -2.40. The number of nitrogens with zero attached hydrogens (tertiary/aromatic N) is 8. The van der Waals surface area contributed by atoms with Crippen molar-refractivity contribution in [2.24, 2.45) is 11.3 Å². The number of halogens is 4. The molecule has 5 atom stereocenters. The fourth-order valence-electron chi connectivity index (χ4n) is 10.9. The van der Waals surface area contributed by atoms with Crippen LogP contribution >= 0.6 is 22.9 Å². The minimum absolute atomic E-state index is 0.00414. The molecule has 0 spiro atoms. The van der Waals surface area contributed by atoms with Crippen molar-refractivity contribution in [3.05, 3.63) is 51.9 Å². The van der Waals surface area contributed by atoms with Crippen LogP contribution in [0.15, 0.2) is 29.8 Å². The molecule has 2 N–H and O–H groups in total. The number of amides is 4. The van der Waals surface area contributed by atoms with Crippen LogP contribution in [0.25, 0.3) is 33.4 Å². The second-order valence-electron chi connectivity index (χ2n) is 21.6. The first kappa shape index (κ1) is 55.9. The maximum atomic E-state index is 17.0. The number of hydrazine groups is 1. The number of fused-ring (bicyclic) bond motifs is 6. The number of likely N-dealkylation sites (tertiary alicyclic amines) is 1. The smallest absolute Gasteiger partial charge is 0.324 e. The molecule has 8 rings (SSSR count). The van der Waals surface area contributed by atoms with E-state index >= 15 is 8.78 Å². The second-order valence-corrected chi connectivity index (χ2v) is 22.9. The average molecular weight is 1080 g/mol. The Kier molecular flexibility index (Phi) is 16.9. The van der Waals surface area contributed by atoms with E-state index in [1.807, 2.05) is 40.0 Å². The number of aromatic nitrogens is 3. The Hall–Kier alpha value is -5.35. The monoisotopic (exact) mass is 1080 g/mol. The predicted molar refractivity (Wildman–Crippen MR) is 281 cm³/mol. The van der Waals surface area contributed by atoms with Gasteiger partial charge in [0.2, 0.25) is 5.91 Å². The van der Waals surface area contributed by atoms with Gasteiger partial charge in [-0.3, -0.25) is 34.0 Å². The summed E-state index contributed by atoms with van der Waals surface area (Å²) in [5, 5.41) is 7.01. The fraction of sp³-hybridized carbons (Fsp3) is 0.604. The van der Waals surface area contributed by atoms with Gasteiger partial charge >= 0.3 is 5.97 Å². The number of carbonyl (C=O) groups is 5. The molecule has 7 heterocycles. The highest BCUT2D eigenvalue weighted by atomic mass is 35.5. The molecule has 0 aliphatic carbocycles. The SMILES string of the molecule is CCn1c(-c2cc(N3CCN(C)CC3)cnc2[C@H](C)OC)c2c3cc(c(F)cc31)-c1csc(n1)C[C@H](NC(=O)[C@H](C(C)C)N(C)C(=O)C1(F)CCN(C(=O)[C@H](F)Cl)CC1)C(=O)N1CCC[C@H](N1)C(=O)OCC(C)(C)C2. The summed E-state index contributed by atoms with van der Waals surface area (Å²) in [5.41, 5.74) is 3.12. The first-order valence-electron chi connectivity index (χ1n) is 25.9. The number of piperazine rings is 1. The summed E-state index contributed by atoms with van der Waals surface area (Å²) in [4.78, 5) is 86.1. The van der Waals surface area contributed by atoms with Gasteiger partial charge in [-0.25, -0.2) is 23.6 Å². The van der Waals surface area contributed by atoms with Crippen molar-refractivity contribution >= 4 is 69.1 Å². The van der Waals surface area contributed by atoms with Gasteiger partial charge in [-0.2, -0.15) is 0 Å². The van der Waals surface area contributed by atoms with Gasteiger partial charge in [0.05, 0.1) is 52.2 Å². The lowest BCUT2D eigenvalue weighted by Crippen LogP contribution is -2.63. The molecule has 6 bridgehead atoms. The van der Waals surface area contributed by atoms with Crippen molar-refractivity contribution in [2.45, 2.75) is 122 Å². The van der Waals surface area contributed by atoms with Gasteiger partial charge in [0.1, 0.15) is 23.9 Å². The third kappa shape index (κ3) is 11.7. The standard InChI is InChI=1S/C53H70ClF3N10O7S/c1-10-66-41-24-37(55)34-23-33(41)36(45(66)35-22-32(27-58-43(35)31(4)73-9)64-20-18-62(7)19-21-64)26-52(5,6)29-74-50(71)38-12-11-15-67(61-38)48(69)39(25-42-59-40(34)28-75-42)60-47(68)44(30(2)3)63(8)51(72)53(57)13-16-65(17-14-53)49(70)46(54)56/h22-24,27-28,30-31,38-39,44,46,61H,10-21,25-26,29H2,1-9H3,(H,60,68)/t31-,38-,39-,44-,46-/m0/s1. The number of pyridine rings is 1. The number of benzene rings is 1. The highest BCUT2D eigenvalue weighted by Crippen LogP contribution is 2.44. The third-order valence-electron chi connectivity index (χ3n) is 15.2. The molecule has 1 aromatic carbocycles. The largest absolute Gasteiger partial charge is 0.464 e. The minimum atomic E-state index is -2.47. The Balaban J connectivity index is 1.19. The van der Waals surface area contributed by atoms with Crippen molar-refractivity contribution in [3.8, 4) is 22.5 Å². The number of rotatable bonds is 11. The number of esters is 1.